The van der Waals surface area contributed by atoms with Gasteiger partial charge in [-0.1, -0.05) is 6.07 Å². The third-order valence-corrected chi connectivity index (χ3v) is 4.65. The average molecular weight is 400 g/mol. The van der Waals surface area contributed by atoms with E-state index in [0.29, 0.717) is 11.3 Å². The van der Waals surface area contributed by atoms with Crippen LogP contribution in [0.4, 0.5) is 18.9 Å². The van der Waals surface area contributed by atoms with Gasteiger partial charge in [0.05, 0.1) is 10.9 Å². The van der Waals surface area contributed by atoms with Gasteiger partial charge in [0.1, 0.15) is 17.0 Å². The molecule has 1 N–H and O–H groups in total. The molecular weight excluding hydrogens is 385 g/mol. The van der Waals surface area contributed by atoms with E-state index in [4.69, 9.17) is 0 Å². The van der Waals surface area contributed by atoms with Gasteiger partial charge < -0.3 is 9.88 Å². The fourth-order valence-electron chi connectivity index (χ4n) is 3.13. The number of amides is 1. The Morgan fingerprint density at radius 2 is 1.79 bits per heavy atom. The Morgan fingerprint density at radius 1 is 1.10 bits per heavy atom. The Bertz CT molecular complexity index is 1320. The van der Waals surface area contributed by atoms with Crippen molar-refractivity contribution in [3.05, 3.63) is 75.8 Å². The molecule has 4 rings (SSSR count). The lowest BCUT2D eigenvalue weighted by molar-refractivity contribution is -0.137. The van der Waals surface area contributed by atoms with Crippen molar-refractivity contribution in [1.29, 1.82) is 0 Å². The molecule has 0 atom stereocenters. The normalized spacial score (nSPS) is 11.9. The number of aromatic nitrogens is 3. The van der Waals surface area contributed by atoms with E-state index in [1.807, 2.05) is 13.0 Å². The molecule has 1 amide bonds. The first-order chi connectivity index (χ1) is 13.6. The molecule has 0 fully saturated rings. The number of carbonyl (C=O) groups excluding carboxylic acids is 1. The van der Waals surface area contributed by atoms with Crippen LogP contribution in [-0.2, 0) is 13.2 Å². The van der Waals surface area contributed by atoms with Crippen molar-refractivity contribution in [1.82, 2.24) is 14.0 Å². The molecule has 0 saturated carbocycles. The molecule has 0 aliphatic rings. The Labute approximate surface area is 162 Å². The summed E-state index contributed by atoms with van der Waals surface area (Å²) in [5.41, 5.74) is 0.936. The molecule has 0 aliphatic heterocycles. The molecule has 0 bridgehead atoms. The van der Waals surface area contributed by atoms with Crippen LogP contribution in [0.25, 0.3) is 16.7 Å². The number of rotatable bonds is 2. The smallest absolute Gasteiger partial charge is 0.324 e. The first-order valence-electron chi connectivity index (χ1n) is 8.62. The van der Waals surface area contributed by atoms with Gasteiger partial charge in [0.25, 0.3) is 11.5 Å². The fraction of sp³-hybridized carbons (Fsp3) is 0.150. The molecule has 0 aliphatic carbocycles. The van der Waals surface area contributed by atoms with E-state index in [0.717, 1.165) is 17.7 Å². The highest BCUT2D eigenvalue weighted by Crippen LogP contribution is 2.30. The second kappa shape index (κ2) is 6.47. The van der Waals surface area contributed by atoms with E-state index in [-0.39, 0.29) is 22.3 Å². The summed E-state index contributed by atoms with van der Waals surface area (Å²) in [6.07, 6.45) is -2.79. The highest BCUT2D eigenvalue weighted by Gasteiger charge is 2.30. The number of anilines is 1. The van der Waals surface area contributed by atoms with E-state index in [2.05, 4.69) is 10.3 Å². The Kier molecular flexibility index (Phi) is 4.18. The Hall–Kier alpha value is -3.62. The predicted molar refractivity (Wildman–Crippen MR) is 102 cm³/mol. The van der Waals surface area contributed by atoms with Crippen LogP contribution in [0.1, 0.15) is 21.6 Å². The minimum absolute atomic E-state index is 0.164. The zero-order valence-corrected chi connectivity index (χ0v) is 15.4. The molecule has 1 aromatic carbocycles. The summed E-state index contributed by atoms with van der Waals surface area (Å²) in [6.45, 7) is 1.85. The van der Waals surface area contributed by atoms with Crippen molar-refractivity contribution in [2.45, 2.75) is 13.1 Å². The van der Waals surface area contributed by atoms with E-state index in [1.54, 1.807) is 19.3 Å². The summed E-state index contributed by atoms with van der Waals surface area (Å²) in [7, 11) is 1.60. The Morgan fingerprint density at radius 3 is 2.45 bits per heavy atom. The highest BCUT2D eigenvalue weighted by molar-refractivity contribution is 6.06. The van der Waals surface area contributed by atoms with Crippen molar-refractivity contribution in [3.63, 3.8) is 0 Å². The zero-order valence-electron chi connectivity index (χ0n) is 15.4. The highest BCUT2D eigenvalue weighted by atomic mass is 19.4. The zero-order chi connectivity index (χ0) is 20.9. The quantitative estimate of drug-likeness (QED) is 0.557. The molecule has 0 saturated heterocycles. The minimum atomic E-state index is -4.45. The monoisotopic (exact) mass is 400 g/mol. The standard InChI is InChI=1S/C20H15F3N4O2/c1-11-3-8-16-25-17-14(19(29)27(16)10-11)9-15(26(17)2)18(28)24-13-6-4-12(5-7-13)20(21,22)23/h3-10H,1-2H3,(H,24,28). The summed E-state index contributed by atoms with van der Waals surface area (Å²) in [6, 6.07) is 9.10. The summed E-state index contributed by atoms with van der Waals surface area (Å²) in [4.78, 5) is 29.9. The van der Waals surface area contributed by atoms with Gasteiger partial charge in [-0.25, -0.2) is 4.98 Å². The lowest BCUT2D eigenvalue weighted by atomic mass is 10.2. The molecule has 29 heavy (non-hydrogen) atoms. The maximum absolute atomic E-state index is 12.8. The third kappa shape index (κ3) is 3.24. The van der Waals surface area contributed by atoms with Gasteiger partial charge in [-0.05, 0) is 48.9 Å². The number of nitrogens with zero attached hydrogens (tertiary/aromatic N) is 3. The molecule has 0 spiro atoms. The van der Waals surface area contributed by atoms with Gasteiger partial charge in [0, 0.05) is 18.9 Å². The van der Waals surface area contributed by atoms with E-state index in [1.165, 1.54) is 27.2 Å². The maximum atomic E-state index is 12.8. The molecule has 148 valence electrons. The number of hydrogen-bond acceptors (Lipinski definition) is 3. The summed E-state index contributed by atoms with van der Waals surface area (Å²) in [5.74, 6) is -0.560. The Balaban J connectivity index is 1.73. The topological polar surface area (TPSA) is 68.4 Å². The molecule has 4 aromatic rings. The molecular formula is C20H15F3N4O2. The first-order valence-corrected chi connectivity index (χ1v) is 8.62. The van der Waals surface area contributed by atoms with Gasteiger partial charge in [-0.2, -0.15) is 13.2 Å². The molecule has 0 radical (unpaired) electrons. The van der Waals surface area contributed by atoms with Crippen molar-refractivity contribution in [3.8, 4) is 0 Å². The van der Waals surface area contributed by atoms with Gasteiger partial charge in [-0.3, -0.25) is 14.0 Å². The van der Waals surface area contributed by atoms with E-state index >= 15 is 0 Å². The van der Waals surface area contributed by atoms with E-state index in [9.17, 15) is 22.8 Å². The van der Waals surface area contributed by atoms with Crippen LogP contribution in [0.3, 0.4) is 0 Å². The largest absolute Gasteiger partial charge is 0.416 e. The number of aryl methyl sites for hydroxylation is 2. The minimum Gasteiger partial charge on any atom is -0.324 e. The fourth-order valence-corrected chi connectivity index (χ4v) is 3.13. The first kappa shape index (κ1) is 18.7. The summed E-state index contributed by atoms with van der Waals surface area (Å²) in [5, 5.41) is 2.82. The molecule has 3 aromatic heterocycles. The van der Waals surface area contributed by atoms with Crippen LogP contribution in [0, 0.1) is 6.92 Å². The number of hydrogen-bond donors (Lipinski definition) is 1. The SMILES string of the molecule is Cc1ccc2nc3c(cc(C(=O)Nc4ccc(C(F)(F)F)cc4)n3C)c(=O)n2c1. The van der Waals surface area contributed by atoms with Crippen molar-refractivity contribution in [2.24, 2.45) is 7.05 Å². The van der Waals surface area contributed by atoms with E-state index < -0.39 is 17.6 Å². The lowest BCUT2D eigenvalue weighted by Gasteiger charge is -2.09. The van der Waals surface area contributed by atoms with Crippen molar-refractivity contribution >= 4 is 28.3 Å². The van der Waals surface area contributed by atoms with Crippen LogP contribution in [-0.4, -0.2) is 19.9 Å². The second-order valence-corrected chi connectivity index (χ2v) is 6.71. The summed E-state index contributed by atoms with van der Waals surface area (Å²) >= 11 is 0. The maximum Gasteiger partial charge on any atom is 0.416 e. The number of alkyl halides is 3. The summed E-state index contributed by atoms with van der Waals surface area (Å²) < 4.78 is 40.9. The molecule has 3 heterocycles. The van der Waals surface area contributed by atoms with Crippen LogP contribution in [0.5, 0.6) is 0 Å². The van der Waals surface area contributed by atoms with Crippen molar-refractivity contribution < 1.29 is 18.0 Å². The molecule has 6 nitrogen and oxygen atoms in total. The third-order valence-electron chi connectivity index (χ3n) is 4.65. The molecule has 0 unspecified atom stereocenters. The molecule has 9 heteroatoms. The number of benzene rings is 1. The van der Waals surface area contributed by atoms with Crippen LogP contribution < -0.4 is 10.9 Å². The van der Waals surface area contributed by atoms with Crippen LogP contribution >= 0.6 is 0 Å². The number of fused-ring (bicyclic) bond motifs is 2. The average Bonchev–Trinajstić information content (AvgIpc) is 2.99. The predicted octanol–water partition coefficient (Wildman–Crippen LogP) is 3.77. The van der Waals surface area contributed by atoms with Gasteiger partial charge in [0.15, 0.2) is 0 Å². The number of pyridine rings is 1. The number of carbonyl (C=O) groups is 1. The lowest BCUT2D eigenvalue weighted by Crippen LogP contribution is -2.16. The second-order valence-electron chi connectivity index (χ2n) is 6.71. The van der Waals surface area contributed by atoms with Gasteiger partial charge in [-0.15, -0.1) is 0 Å². The number of halogens is 3. The van der Waals surface area contributed by atoms with Crippen LogP contribution in [0.2, 0.25) is 0 Å². The number of nitrogens with one attached hydrogen (secondary N) is 1. The van der Waals surface area contributed by atoms with Crippen molar-refractivity contribution in [2.75, 3.05) is 5.32 Å². The van der Waals surface area contributed by atoms with Gasteiger partial charge in [0.2, 0.25) is 0 Å². The van der Waals surface area contributed by atoms with Gasteiger partial charge >= 0.3 is 6.18 Å². The van der Waals surface area contributed by atoms with Crippen LogP contribution in [0.15, 0.2) is 53.5 Å².